The molecule has 2 aromatic heterocycles. The first-order valence-corrected chi connectivity index (χ1v) is 6.55. The van der Waals surface area contributed by atoms with Crippen molar-refractivity contribution in [2.75, 3.05) is 0 Å². The van der Waals surface area contributed by atoms with Gasteiger partial charge in [0.1, 0.15) is 17.2 Å². The number of H-pyrrole nitrogens is 1. The SMILES string of the molecule is O=C1c2ccccc2C(=O)c2[nH]c(-c3ccncc3F)nc21. The highest BCUT2D eigenvalue weighted by atomic mass is 19.1. The Morgan fingerprint density at radius 1 is 0.955 bits per heavy atom. The molecule has 0 unspecified atom stereocenters. The summed E-state index contributed by atoms with van der Waals surface area (Å²) in [4.78, 5) is 35.4. The number of aromatic amines is 1. The Morgan fingerprint density at radius 3 is 2.41 bits per heavy atom. The molecule has 0 bridgehead atoms. The zero-order valence-corrected chi connectivity index (χ0v) is 11.1. The summed E-state index contributed by atoms with van der Waals surface area (Å²) in [5, 5.41) is 0. The predicted octanol–water partition coefficient (Wildman–Crippen LogP) is 2.39. The van der Waals surface area contributed by atoms with Gasteiger partial charge in [-0.2, -0.15) is 0 Å². The number of aromatic nitrogens is 3. The van der Waals surface area contributed by atoms with Crippen molar-refractivity contribution in [2.45, 2.75) is 0 Å². The summed E-state index contributed by atoms with van der Waals surface area (Å²) in [6.07, 6.45) is 2.47. The number of imidazole rings is 1. The lowest BCUT2D eigenvalue weighted by Gasteiger charge is -2.11. The molecular weight excluding hydrogens is 285 g/mol. The molecule has 106 valence electrons. The van der Waals surface area contributed by atoms with E-state index in [9.17, 15) is 14.0 Å². The fourth-order valence-electron chi connectivity index (χ4n) is 2.54. The molecule has 0 aliphatic heterocycles. The molecule has 5 nitrogen and oxygen atoms in total. The zero-order valence-electron chi connectivity index (χ0n) is 11.1. The van der Waals surface area contributed by atoms with E-state index in [2.05, 4.69) is 15.0 Å². The van der Waals surface area contributed by atoms with E-state index < -0.39 is 5.82 Å². The van der Waals surface area contributed by atoms with Gasteiger partial charge in [0, 0.05) is 17.3 Å². The molecule has 0 radical (unpaired) electrons. The summed E-state index contributed by atoms with van der Waals surface area (Å²) in [6, 6.07) is 7.98. The van der Waals surface area contributed by atoms with Crippen molar-refractivity contribution in [3.8, 4) is 11.4 Å². The molecule has 2 heterocycles. The summed E-state index contributed by atoms with van der Waals surface area (Å²) in [7, 11) is 0. The smallest absolute Gasteiger partial charge is 0.214 e. The van der Waals surface area contributed by atoms with Crippen LogP contribution >= 0.6 is 0 Å². The van der Waals surface area contributed by atoms with Crippen LogP contribution in [-0.4, -0.2) is 26.5 Å². The second-order valence-corrected chi connectivity index (χ2v) is 4.87. The summed E-state index contributed by atoms with van der Waals surface area (Å²) in [5.41, 5.74) is 0.914. The summed E-state index contributed by atoms with van der Waals surface area (Å²) < 4.78 is 13.8. The minimum Gasteiger partial charge on any atom is -0.335 e. The number of ketones is 2. The number of carbonyl (C=O) groups is 2. The highest BCUT2D eigenvalue weighted by Gasteiger charge is 2.33. The largest absolute Gasteiger partial charge is 0.335 e. The molecule has 0 amide bonds. The van der Waals surface area contributed by atoms with Crippen LogP contribution in [0.25, 0.3) is 11.4 Å². The Bertz CT molecular complexity index is 894. The van der Waals surface area contributed by atoms with E-state index in [-0.39, 0.29) is 34.3 Å². The normalized spacial score (nSPS) is 13.0. The molecule has 0 spiro atoms. The number of hydrogen-bond donors (Lipinski definition) is 1. The van der Waals surface area contributed by atoms with E-state index in [1.165, 1.54) is 12.3 Å². The Morgan fingerprint density at radius 2 is 1.68 bits per heavy atom. The number of benzene rings is 1. The minimum atomic E-state index is -0.578. The van der Waals surface area contributed by atoms with Crippen LogP contribution in [0.4, 0.5) is 4.39 Å². The van der Waals surface area contributed by atoms with E-state index in [1.54, 1.807) is 24.3 Å². The van der Waals surface area contributed by atoms with Crippen LogP contribution in [0.3, 0.4) is 0 Å². The van der Waals surface area contributed by atoms with Gasteiger partial charge in [0.15, 0.2) is 5.82 Å². The number of fused-ring (bicyclic) bond motifs is 2. The van der Waals surface area contributed by atoms with Crippen molar-refractivity contribution in [1.82, 2.24) is 15.0 Å². The summed E-state index contributed by atoms with van der Waals surface area (Å²) in [6.45, 7) is 0. The maximum Gasteiger partial charge on any atom is 0.214 e. The molecule has 0 saturated heterocycles. The van der Waals surface area contributed by atoms with Gasteiger partial charge < -0.3 is 4.98 Å². The number of pyridine rings is 1. The Balaban J connectivity index is 1.93. The van der Waals surface area contributed by atoms with Crippen molar-refractivity contribution in [3.05, 3.63) is 71.1 Å². The van der Waals surface area contributed by atoms with Gasteiger partial charge >= 0.3 is 0 Å². The molecule has 0 atom stereocenters. The number of halogens is 1. The Kier molecular flexibility index (Phi) is 2.53. The summed E-state index contributed by atoms with van der Waals surface area (Å²) >= 11 is 0. The van der Waals surface area contributed by atoms with Crippen molar-refractivity contribution >= 4 is 11.6 Å². The first-order chi connectivity index (χ1) is 10.7. The first kappa shape index (κ1) is 12.6. The lowest BCUT2D eigenvalue weighted by molar-refractivity contribution is 0.0974. The molecule has 0 fully saturated rings. The lowest BCUT2D eigenvalue weighted by atomic mass is 9.90. The number of carbonyl (C=O) groups excluding carboxylic acids is 2. The average Bonchev–Trinajstić information content (AvgIpc) is 2.98. The molecule has 1 N–H and O–H groups in total. The second kappa shape index (κ2) is 4.42. The van der Waals surface area contributed by atoms with E-state index in [1.807, 2.05) is 0 Å². The number of rotatable bonds is 1. The monoisotopic (exact) mass is 293 g/mol. The van der Waals surface area contributed by atoms with Crippen LogP contribution in [0.15, 0.2) is 42.7 Å². The second-order valence-electron chi connectivity index (χ2n) is 4.87. The Hall–Kier alpha value is -3.15. The molecule has 22 heavy (non-hydrogen) atoms. The van der Waals surface area contributed by atoms with Crippen LogP contribution in [0, 0.1) is 5.82 Å². The molecule has 3 aromatic rings. The predicted molar refractivity (Wildman–Crippen MR) is 75.1 cm³/mol. The highest BCUT2D eigenvalue weighted by Crippen LogP contribution is 2.28. The fraction of sp³-hybridized carbons (Fsp3) is 0. The number of hydrogen-bond acceptors (Lipinski definition) is 4. The number of nitrogens with zero attached hydrogens (tertiary/aromatic N) is 2. The zero-order chi connectivity index (χ0) is 15.3. The van der Waals surface area contributed by atoms with Crippen LogP contribution in [-0.2, 0) is 0 Å². The van der Waals surface area contributed by atoms with E-state index in [0.29, 0.717) is 11.1 Å². The average molecular weight is 293 g/mol. The van der Waals surface area contributed by atoms with Crippen molar-refractivity contribution in [2.24, 2.45) is 0 Å². The minimum absolute atomic E-state index is 0.0231. The van der Waals surface area contributed by atoms with Gasteiger partial charge in [0.25, 0.3) is 0 Å². The van der Waals surface area contributed by atoms with Crippen LogP contribution in [0.5, 0.6) is 0 Å². The van der Waals surface area contributed by atoms with Gasteiger partial charge in [-0.1, -0.05) is 24.3 Å². The maximum absolute atomic E-state index is 13.8. The lowest BCUT2D eigenvalue weighted by Crippen LogP contribution is -2.20. The molecular formula is C16H8FN3O2. The molecule has 1 aliphatic rings. The van der Waals surface area contributed by atoms with Gasteiger partial charge in [0.2, 0.25) is 11.6 Å². The highest BCUT2D eigenvalue weighted by molar-refractivity contribution is 6.27. The van der Waals surface area contributed by atoms with E-state index >= 15 is 0 Å². The van der Waals surface area contributed by atoms with Crippen molar-refractivity contribution in [1.29, 1.82) is 0 Å². The standard InChI is InChI=1S/C16H8FN3O2/c17-11-7-18-6-5-10(11)16-19-12-13(20-16)15(22)9-4-2-1-3-8(9)14(12)21/h1-7H,(H,19,20). The van der Waals surface area contributed by atoms with Crippen molar-refractivity contribution in [3.63, 3.8) is 0 Å². The van der Waals surface area contributed by atoms with E-state index in [4.69, 9.17) is 0 Å². The van der Waals surface area contributed by atoms with Crippen molar-refractivity contribution < 1.29 is 14.0 Å². The molecule has 1 aliphatic carbocycles. The van der Waals surface area contributed by atoms with Gasteiger partial charge in [0.05, 0.1) is 11.8 Å². The third-order valence-electron chi connectivity index (χ3n) is 3.59. The molecule has 4 rings (SSSR count). The Labute approximate surface area is 123 Å². The van der Waals surface area contributed by atoms with Crippen LogP contribution in [0.2, 0.25) is 0 Å². The van der Waals surface area contributed by atoms with Gasteiger partial charge in [-0.15, -0.1) is 0 Å². The maximum atomic E-state index is 13.8. The third-order valence-corrected chi connectivity index (χ3v) is 3.59. The van der Waals surface area contributed by atoms with Gasteiger partial charge in [-0.25, -0.2) is 9.37 Å². The summed E-state index contributed by atoms with van der Waals surface area (Å²) in [5.74, 6) is -1.11. The number of nitrogens with one attached hydrogen (secondary N) is 1. The van der Waals surface area contributed by atoms with Gasteiger partial charge in [-0.3, -0.25) is 14.6 Å². The first-order valence-electron chi connectivity index (χ1n) is 6.55. The topological polar surface area (TPSA) is 75.7 Å². The quantitative estimate of drug-likeness (QED) is 0.584. The fourth-order valence-corrected chi connectivity index (χ4v) is 2.54. The molecule has 0 saturated carbocycles. The molecule has 1 aromatic carbocycles. The van der Waals surface area contributed by atoms with Crippen LogP contribution < -0.4 is 0 Å². The van der Waals surface area contributed by atoms with E-state index in [0.717, 1.165) is 6.20 Å². The third kappa shape index (κ3) is 1.64. The van der Waals surface area contributed by atoms with Gasteiger partial charge in [-0.05, 0) is 6.07 Å². The molecule has 6 heteroatoms. The van der Waals surface area contributed by atoms with Crippen LogP contribution in [0.1, 0.15) is 32.1 Å².